The van der Waals surface area contributed by atoms with Crippen LogP contribution in [0.4, 0.5) is 0 Å². The minimum atomic E-state index is -0.427. The second-order valence-corrected chi connectivity index (χ2v) is 3.90. The van der Waals surface area contributed by atoms with Crippen LogP contribution in [-0.4, -0.2) is 15.0 Å². The van der Waals surface area contributed by atoms with Crippen molar-refractivity contribution >= 4 is 16.8 Å². The first-order valence-electron chi connectivity index (χ1n) is 4.72. The molecule has 1 rings (SSSR count). The predicted octanol–water partition coefficient (Wildman–Crippen LogP) is 2.62. The SMILES string of the molecule is CCC(C)c1c(C)nn(C)c1C(=O)Cl. The maximum atomic E-state index is 11.2. The summed E-state index contributed by atoms with van der Waals surface area (Å²) in [6, 6.07) is 0. The van der Waals surface area contributed by atoms with Crippen molar-refractivity contribution in [2.45, 2.75) is 33.1 Å². The van der Waals surface area contributed by atoms with E-state index in [1.54, 1.807) is 11.7 Å². The maximum Gasteiger partial charge on any atom is 0.270 e. The van der Waals surface area contributed by atoms with Gasteiger partial charge >= 0.3 is 0 Å². The third kappa shape index (κ3) is 1.82. The molecule has 0 aromatic carbocycles. The van der Waals surface area contributed by atoms with Gasteiger partial charge in [-0.3, -0.25) is 9.48 Å². The number of aromatic nitrogens is 2. The van der Waals surface area contributed by atoms with Crippen LogP contribution in [0.3, 0.4) is 0 Å². The number of aryl methyl sites for hydroxylation is 2. The summed E-state index contributed by atoms with van der Waals surface area (Å²) in [4.78, 5) is 11.2. The molecule has 0 radical (unpaired) electrons. The first-order chi connectivity index (χ1) is 6.49. The van der Waals surface area contributed by atoms with Gasteiger partial charge in [0.2, 0.25) is 0 Å². The molecule has 0 saturated carbocycles. The molecule has 0 N–H and O–H groups in total. The Labute approximate surface area is 89.1 Å². The summed E-state index contributed by atoms with van der Waals surface area (Å²) in [6.45, 7) is 6.07. The summed E-state index contributed by atoms with van der Waals surface area (Å²) in [6.07, 6.45) is 0.976. The molecule has 4 heteroatoms. The third-order valence-corrected chi connectivity index (χ3v) is 2.74. The van der Waals surface area contributed by atoms with E-state index in [2.05, 4.69) is 18.9 Å². The Morgan fingerprint density at radius 1 is 1.64 bits per heavy atom. The summed E-state index contributed by atoms with van der Waals surface area (Å²) in [5.41, 5.74) is 2.40. The van der Waals surface area contributed by atoms with Crippen molar-refractivity contribution in [3.63, 3.8) is 0 Å². The zero-order chi connectivity index (χ0) is 10.9. The van der Waals surface area contributed by atoms with Gasteiger partial charge in [0.15, 0.2) is 0 Å². The summed E-state index contributed by atoms with van der Waals surface area (Å²) < 4.78 is 1.56. The molecule has 3 nitrogen and oxygen atoms in total. The lowest BCUT2D eigenvalue weighted by molar-refractivity contribution is 0.107. The van der Waals surface area contributed by atoms with Crippen LogP contribution in [-0.2, 0) is 7.05 Å². The van der Waals surface area contributed by atoms with Gasteiger partial charge in [-0.05, 0) is 30.9 Å². The quantitative estimate of drug-likeness (QED) is 0.725. The van der Waals surface area contributed by atoms with Gasteiger partial charge in [-0.15, -0.1) is 0 Å². The Bertz CT molecular complexity index is 357. The van der Waals surface area contributed by atoms with E-state index in [0.29, 0.717) is 11.6 Å². The Morgan fingerprint density at radius 2 is 2.21 bits per heavy atom. The molecule has 0 saturated heterocycles. The van der Waals surface area contributed by atoms with E-state index in [4.69, 9.17) is 11.6 Å². The van der Waals surface area contributed by atoms with Crippen LogP contribution in [0.5, 0.6) is 0 Å². The molecule has 1 heterocycles. The van der Waals surface area contributed by atoms with Crippen molar-refractivity contribution in [2.24, 2.45) is 7.05 Å². The molecule has 0 spiro atoms. The third-order valence-electron chi connectivity index (χ3n) is 2.56. The topological polar surface area (TPSA) is 34.9 Å². The highest BCUT2D eigenvalue weighted by atomic mass is 35.5. The average Bonchev–Trinajstić information content (AvgIpc) is 2.39. The predicted molar refractivity (Wildman–Crippen MR) is 56.8 cm³/mol. The van der Waals surface area contributed by atoms with Crippen LogP contribution in [0, 0.1) is 6.92 Å². The monoisotopic (exact) mass is 214 g/mol. The van der Waals surface area contributed by atoms with Crippen LogP contribution >= 0.6 is 11.6 Å². The number of halogens is 1. The first kappa shape index (κ1) is 11.2. The molecule has 0 fully saturated rings. The summed E-state index contributed by atoms with van der Waals surface area (Å²) >= 11 is 5.53. The minimum absolute atomic E-state index is 0.321. The Kier molecular flexibility index (Phi) is 3.32. The van der Waals surface area contributed by atoms with Crippen molar-refractivity contribution in [1.82, 2.24) is 9.78 Å². The number of nitrogens with zero attached hydrogens (tertiary/aromatic N) is 2. The van der Waals surface area contributed by atoms with E-state index in [1.807, 2.05) is 6.92 Å². The molecule has 1 unspecified atom stereocenters. The number of carbonyl (C=O) groups is 1. The zero-order valence-electron chi connectivity index (χ0n) is 8.97. The summed E-state index contributed by atoms with van der Waals surface area (Å²) in [5.74, 6) is 0.321. The van der Waals surface area contributed by atoms with Gasteiger partial charge in [0, 0.05) is 12.6 Å². The molecule has 0 amide bonds. The lowest BCUT2D eigenvalue weighted by atomic mass is 9.97. The van der Waals surface area contributed by atoms with E-state index in [-0.39, 0.29) is 0 Å². The van der Waals surface area contributed by atoms with Gasteiger partial charge in [-0.1, -0.05) is 13.8 Å². The Morgan fingerprint density at radius 3 is 2.64 bits per heavy atom. The second kappa shape index (κ2) is 4.13. The molecular weight excluding hydrogens is 200 g/mol. The minimum Gasteiger partial charge on any atom is -0.274 e. The molecule has 1 atom stereocenters. The average molecular weight is 215 g/mol. The van der Waals surface area contributed by atoms with E-state index in [0.717, 1.165) is 17.7 Å². The number of hydrogen-bond donors (Lipinski definition) is 0. The number of carbonyl (C=O) groups excluding carboxylic acids is 1. The zero-order valence-corrected chi connectivity index (χ0v) is 9.72. The Hall–Kier alpha value is -0.830. The van der Waals surface area contributed by atoms with E-state index in [9.17, 15) is 4.79 Å². The fourth-order valence-corrected chi connectivity index (χ4v) is 1.93. The molecule has 1 aromatic rings. The number of hydrogen-bond acceptors (Lipinski definition) is 2. The van der Waals surface area contributed by atoms with Crippen LogP contribution in [0.15, 0.2) is 0 Å². The molecule has 78 valence electrons. The van der Waals surface area contributed by atoms with Gasteiger partial charge in [-0.25, -0.2) is 0 Å². The van der Waals surface area contributed by atoms with Gasteiger partial charge in [0.1, 0.15) is 5.69 Å². The van der Waals surface area contributed by atoms with E-state index >= 15 is 0 Å². The molecule has 0 aliphatic heterocycles. The van der Waals surface area contributed by atoms with Crippen molar-refractivity contribution < 1.29 is 4.79 Å². The largest absolute Gasteiger partial charge is 0.274 e. The van der Waals surface area contributed by atoms with Gasteiger partial charge in [0.25, 0.3) is 5.24 Å². The highest BCUT2D eigenvalue weighted by molar-refractivity contribution is 6.67. The van der Waals surface area contributed by atoms with E-state index in [1.165, 1.54) is 0 Å². The lowest BCUT2D eigenvalue weighted by Crippen LogP contribution is -2.05. The van der Waals surface area contributed by atoms with Crippen LogP contribution in [0.25, 0.3) is 0 Å². The summed E-state index contributed by atoms with van der Waals surface area (Å²) in [5, 5.41) is 3.79. The maximum absolute atomic E-state index is 11.2. The van der Waals surface area contributed by atoms with Gasteiger partial charge in [0.05, 0.1) is 5.69 Å². The van der Waals surface area contributed by atoms with Crippen LogP contribution in [0.1, 0.15) is 47.9 Å². The van der Waals surface area contributed by atoms with Crippen LogP contribution in [0.2, 0.25) is 0 Å². The van der Waals surface area contributed by atoms with Gasteiger partial charge < -0.3 is 0 Å². The smallest absolute Gasteiger partial charge is 0.270 e. The highest BCUT2D eigenvalue weighted by Crippen LogP contribution is 2.26. The summed E-state index contributed by atoms with van der Waals surface area (Å²) in [7, 11) is 1.74. The van der Waals surface area contributed by atoms with Gasteiger partial charge in [-0.2, -0.15) is 5.10 Å². The van der Waals surface area contributed by atoms with Crippen molar-refractivity contribution in [1.29, 1.82) is 0 Å². The fourth-order valence-electron chi connectivity index (χ4n) is 1.70. The molecule has 0 aliphatic rings. The standard InChI is InChI=1S/C10H15ClN2O/c1-5-6(2)8-7(3)12-13(4)9(8)10(11)14/h6H,5H2,1-4H3. The van der Waals surface area contributed by atoms with E-state index < -0.39 is 5.24 Å². The second-order valence-electron chi connectivity index (χ2n) is 3.55. The molecule has 0 aliphatic carbocycles. The first-order valence-corrected chi connectivity index (χ1v) is 5.10. The molecule has 0 bridgehead atoms. The molecule has 1 aromatic heterocycles. The van der Waals surface area contributed by atoms with Crippen LogP contribution < -0.4 is 0 Å². The van der Waals surface area contributed by atoms with Crippen molar-refractivity contribution in [3.05, 3.63) is 17.0 Å². The van der Waals surface area contributed by atoms with Crippen molar-refractivity contribution in [2.75, 3.05) is 0 Å². The fraction of sp³-hybridized carbons (Fsp3) is 0.600. The normalized spacial score (nSPS) is 12.9. The lowest BCUT2D eigenvalue weighted by Gasteiger charge is -2.08. The van der Waals surface area contributed by atoms with Crippen molar-refractivity contribution in [3.8, 4) is 0 Å². The Balaban J connectivity index is 3.32. The molecular formula is C10H15ClN2O. The highest BCUT2D eigenvalue weighted by Gasteiger charge is 2.21. The molecule has 14 heavy (non-hydrogen) atoms. The number of rotatable bonds is 3.